The average Bonchev–Trinajstić information content (AvgIpc) is 2.27. The molecule has 0 spiro atoms. The first-order valence-corrected chi connectivity index (χ1v) is 3.68. The molecule has 56 valence electrons. The van der Waals surface area contributed by atoms with Crippen LogP contribution in [0.15, 0.2) is 24.4 Å². The molecule has 0 bridgehead atoms. The molecule has 0 saturated carbocycles. The number of hydrogen-bond acceptors (Lipinski definition) is 1. The molecular formula is C9H10N2. The second-order valence-corrected chi connectivity index (χ2v) is 2.86. The number of hydrogen-bond donors (Lipinski definition) is 0. The van der Waals surface area contributed by atoms with E-state index in [1.54, 1.807) is 0 Å². The summed E-state index contributed by atoms with van der Waals surface area (Å²) in [6, 6.07) is 6.26. The zero-order valence-electron chi connectivity index (χ0n) is 6.70. The van der Waals surface area contributed by atoms with Gasteiger partial charge < -0.3 is 0 Å². The summed E-state index contributed by atoms with van der Waals surface area (Å²) in [6.07, 6.45) is 1.98. The van der Waals surface area contributed by atoms with Crippen molar-refractivity contribution in [2.45, 2.75) is 13.8 Å². The smallest absolute Gasteiger partial charge is 0.0666 e. The van der Waals surface area contributed by atoms with Gasteiger partial charge in [0.25, 0.3) is 0 Å². The highest BCUT2D eigenvalue weighted by molar-refractivity contribution is 5.48. The van der Waals surface area contributed by atoms with Crippen LogP contribution in [0.2, 0.25) is 0 Å². The Morgan fingerprint density at radius 2 is 2.09 bits per heavy atom. The lowest BCUT2D eigenvalue weighted by atomic mass is 10.3. The van der Waals surface area contributed by atoms with E-state index >= 15 is 0 Å². The lowest BCUT2D eigenvalue weighted by Crippen LogP contribution is -1.85. The van der Waals surface area contributed by atoms with E-state index in [1.807, 2.05) is 17.6 Å². The molecule has 0 amide bonds. The van der Waals surface area contributed by atoms with E-state index in [2.05, 4.69) is 30.2 Å². The third-order valence-electron chi connectivity index (χ3n) is 1.74. The van der Waals surface area contributed by atoms with Gasteiger partial charge in [-0.25, -0.2) is 4.52 Å². The molecule has 0 unspecified atom stereocenters. The van der Waals surface area contributed by atoms with E-state index in [-0.39, 0.29) is 0 Å². The van der Waals surface area contributed by atoms with Gasteiger partial charge in [-0.2, -0.15) is 5.10 Å². The van der Waals surface area contributed by atoms with Crippen LogP contribution in [0.4, 0.5) is 0 Å². The third kappa shape index (κ3) is 1.00. The van der Waals surface area contributed by atoms with Gasteiger partial charge in [-0.15, -0.1) is 0 Å². The lowest BCUT2D eigenvalue weighted by molar-refractivity contribution is 0.931. The summed E-state index contributed by atoms with van der Waals surface area (Å²) in [5, 5.41) is 4.27. The fourth-order valence-electron chi connectivity index (χ4n) is 1.23. The van der Waals surface area contributed by atoms with E-state index in [4.69, 9.17) is 0 Å². The first kappa shape index (κ1) is 6.40. The molecule has 2 aromatic heterocycles. The van der Waals surface area contributed by atoms with Crippen molar-refractivity contribution in [3.63, 3.8) is 0 Å². The SMILES string of the molecule is Cc1ccn2nc(C)cc2c1. The zero-order chi connectivity index (χ0) is 7.84. The van der Waals surface area contributed by atoms with E-state index in [1.165, 1.54) is 11.1 Å². The number of fused-ring (bicyclic) bond motifs is 1. The maximum absolute atomic E-state index is 4.27. The van der Waals surface area contributed by atoms with Crippen molar-refractivity contribution in [1.29, 1.82) is 0 Å². The molecule has 2 rings (SSSR count). The fourth-order valence-corrected chi connectivity index (χ4v) is 1.23. The molecule has 0 aliphatic rings. The zero-order valence-corrected chi connectivity index (χ0v) is 6.70. The van der Waals surface area contributed by atoms with Gasteiger partial charge in [0.05, 0.1) is 11.2 Å². The van der Waals surface area contributed by atoms with Crippen molar-refractivity contribution >= 4 is 5.52 Å². The maximum atomic E-state index is 4.27. The predicted molar refractivity (Wildman–Crippen MR) is 44.7 cm³/mol. The molecule has 0 aliphatic carbocycles. The van der Waals surface area contributed by atoms with Gasteiger partial charge in [-0.3, -0.25) is 0 Å². The normalized spacial score (nSPS) is 10.7. The monoisotopic (exact) mass is 146 g/mol. The van der Waals surface area contributed by atoms with Crippen molar-refractivity contribution in [2.75, 3.05) is 0 Å². The van der Waals surface area contributed by atoms with Gasteiger partial charge in [0.15, 0.2) is 0 Å². The molecule has 0 aromatic carbocycles. The second-order valence-electron chi connectivity index (χ2n) is 2.86. The van der Waals surface area contributed by atoms with Crippen LogP contribution in [0.5, 0.6) is 0 Å². The van der Waals surface area contributed by atoms with Crippen LogP contribution in [0.25, 0.3) is 5.52 Å². The Bertz CT molecular complexity index is 387. The first-order valence-electron chi connectivity index (χ1n) is 3.68. The Kier molecular flexibility index (Phi) is 1.22. The van der Waals surface area contributed by atoms with Crippen molar-refractivity contribution in [3.05, 3.63) is 35.7 Å². The molecule has 2 nitrogen and oxygen atoms in total. The molecular weight excluding hydrogens is 136 g/mol. The molecule has 0 aliphatic heterocycles. The Morgan fingerprint density at radius 3 is 2.91 bits per heavy atom. The van der Waals surface area contributed by atoms with Crippen LogP contribution < -0.4 is 0 Å². The Hall–Kier alpha value is -1.31. The Labute approximate surface area is 65.5 Å². The molecule has 0 N–H and O–H groups in total. The lowest BCUT2D eigenvalue weighted by Gasteiger charge is -1.92. The minimum absolute atomic E-state index is 1.07. The van der Waals surface area contributed by atoms with Crippen LogP contribution in [-0.4, -0.2) is 9.61 Å². The average molecular weight is 146 g/mol. The van der Waals surface area contributed by atoms with Crippen molar-refractivity contribution in [3.8, 4) is 0 Å². The second kappa shape index (κ2) is 2.09. The van der Waals surface area contributed by atoms with Gasteiger partial charge in [0, 0.05) is 6.20 Å². The third-order valence-corrected chi connectivity index (χ3v) is 1.74. The number of pyridine rings is 1. The van der Waals surface area contributed by atoms with E-state index < -0.39 is 0 Å². The highest BCUT2D eigenvalue weighted by Gasteiger charge is 1.95. The first-order chi connectivity index (χ1) is 5.25. The van der Waals surface area contributed by atoms with E-state index in [0.717, 1.165) is 5.69 Å². The highest BCUT2D eigenvalue weighted by Crippen LogP contribution is 2.07. The van der Waals surface area contributed by atoms with Gasteiger partial charge >= 0.3 is 0 Å². The van der Waals surface area contributed by atoms with Crippen molar-refractivity contribution < 1.29 is 0 Å². The van der Waals surface area contributed by atoms with Crippen molar-refractivity contribution in [1.82, 2.24) is 9.61 Å². The maximum Gasteiger partial charge on any atom is 0.0666 e. The highest BCUT2D eigenvalue weighted by atomic mass is 15.2. The number of aryl methyl sites for hydroxylation is 2. The summed E-state index contributed by atoms with van der Waals surface area (Å²) in [5.41, 5.74) is 3.51. The Balaban J connectivity index is 2.82. The summed E-state index contributed by atoms with van der Waals surface area (Å²) in [5.74, 6) is 0. The summed E-state index contributed by atoms with van der Waals surface area (Å²) in [4.78, 5) is 0. The van der Waals surface area contributed by atoms with Gasteiger partial charge in [0.1, 0.15) is 0 Å². The standard InChI is InChI=1S/C9H10N2/c1-7-3-4-11-9(5-7)6-8(2)10-11/h3-6H,1-2H3. The van der Waals surface area contributed by atoms with Crippen LogP contribution in [0, 0.1) is 13.8 Å². The van der Waals surface area contributed by atoms with Crippen LogP contribution in [-0.2, 0) is 0 Å². The summed E-state index contributed by atoms with van der Waals surface area (Å²) < 4.78 is 1.89. The molecule has 0 saturated heterocycles. The Morgan fingerprint density at radius 1 is 1.27 bits per heavy atom. The fraction of sp³-hybridized carbons (Fsp3) is 0.222. The predicted octanol–water partition coefficient (Wildman–Crippen LogP) is 1.95. The molecule has 2 aromatic rings. The largest absolute Gasteiger partial charge is 0.241 e. The molecule has 2 heteroatoms. The number of aromatic nitrogens is 2. The molecule has 0 radical (unpaired) electrons. The number of rotatable bonds is 0. The molecule has 2 heterocycles. The van der Waals surface area contributed by atoms with Gasteiger partial charge in [0.2, 0.25) is 0 Å². The van der Waals surface area contributed by atoms with E-state index in [9.17, 15) is 0 Å². The summed E-state index contributed by atoms with van der Waals surface area (Å²) in [6.45, 7) is 4.09. The van der Waals surface area contributed by atoms with Gasteiger partial charge in [-0.05, 0) is 37.6 Å². The number of nitrogens with zero attached hydrogens (tertiary/aromatic N) is 2. The molecule has 11 heavy (non-hydrogen) atoms. The van der Waals surface area contributed by atoms with Crippen molar-refractivity contribution in [2.24, 2.45) is 0 Å². The minimum Gasteiger partial charge on any atom is -0.241 e. The van der Waals surface area contributed by atoms with Crippen LogP contribution >= 0.6 is 0 Å². The molecule has 0 fully saturated rings. The van der Waals surface area contributed by atoms with Gasteiger partial charge in [-0.1, -0.05) is 0 Å². The van der Waals surface area contributed by atoms with Crippen LogP contribution in [0.1, 0.15) is 11.3 Å². The quantitative estimate of drug-likeness (QED) is 0.555. The minimum atomic E-state index is 1.07. The topological polar surface area (TPSA) is 17.3 Å². The summed E-state index contributed by atoms with van der Waals surface area (Å²) >= 11 is 0. The summed E-state index contributed by atoms with van der Waals surface area (Å²) in [7, 11) is 0. The van der Waals surface area contributed by atoms with E-state index in [0.29, 0.717) is 0 Å². The van der Waals surface area contributed by atoms with Crippen LogP contribution in [0.3, 0.4) is 0 Å². The molecule has 0 atom stereocenters.